The van der Waals surface area contributed by atoms with Crippen LogP contribution in [0.15, 0.2) is 61.2 Å². The van der Waals surface area contributed by atoms with Crippen LogP contribution in [-0.4, -0.2) is 19.6 Å². The molecule has 0 bridgehead atoms. The molecule has 3 aromatic rings. The summed E-state index contributed by atoms with van der Waals surface area (Å²) in [6, 6.07) is 9.59. The Morgan fingerprint density at radius 2 is 1.76 bits per heavy atom. The number of halogens is 1. The molecule has 0 aliphatic carbocycles. The summed E-state index contributed by atoms with van der Waals surface area (Å²) in [5.41, 5.74) is 1.60. The summed E-state index contributed by atoms with van der Waals surface area (Å²) in [5.74, 6) is 0.449. The average molecular weight is 283 g/mol. The number of hydrogen-bond donors (Lipinski definition) is 1. The number of nitrogens with zero attached hydrogens (tertiary/aromatic N) is 3. The van der Waals surface area contributed by atoms with E-state index in [9.17, 15) is 9.50 Å². The van der Waals surface area contributed by atoms with Crippen molar-refractivity contribution in [3.8, 4) is 11.4 Å². The minimum atomic E-state index is -0.722. The van der Waals surface area contributed by atoms with Gasteiger partial charge in [-0.3, -0.25) is 4.98 Å². The Labute approximate surface area is 121 Å². The van der Waals surface area contributed by atoms with Gasteiger partial charge in [0.15, 0.2) is 0 Å². The van der Waals surface area contributed by atoms with Crippen molar-refractivity contribution in [2.75, 3.05) is 0 Å². The standard InChI is InChI=1S/C16H14FN3O/c17-14-3-1-12(2-4-14)15(21)11-20-10-9-19-16(20)13-5-7-18-8-6-13/h1-10,15,21H,11H2. The molecule has 21 heavy (non-hydrogen) atoms. The summed E-state index contributed by atoms with van der Waals surface area (Å²) in [5, 5.41) is 10.3. The molecule has 0 aliphatic rings. The highest BCUT2D eigenvalue weighted by Crippen LogP contribution is 2.21. The number of rotatable bonds is 4. The molecule has 1 unspecified atom stereocenters. The maximum Gasteiger partial charge on any atom is 0.140 e. The Balaban J connectivity index is 1.83. The molecule has 0 fully saturated rings. The van der Waals surface area contributed by atoms with E-state index in [1.54, 1.807) is 30.7 Å². The second kappa shape index (κ2) is 5.85. The molecule has 0 saturated heterocycles. The first kappa shape index (κ1) is 13.5. The lowest BCUT2D eigenvalue weighted by atomic mass is 10.1. The van der Waals surface area contributed by atoms with Crippen molar-refractivity contribution in [2.24, 2.45) is 0 Å². The molecule has 5 heteroatoms. The third-order valence-electron chi connectivity index (χ3n) is 3.28. The molecule has 0 spiro atoms. The topological polar surface area (TPSA) is 50.9 Å². The minimum Gasteiger partial charge on any atom is -0.387 e. The highest BCUT2D eigenvalue weighted by molar-refractivity contribution is 5.54. The maximum atomic E-state index is 12.9. The number of aromatic nitrogens is 3. The fraction of sp³-hybridized carbons (Fsp3) is 0.125. The molecule has 0 radical (unpaired) electrons. The van der Waals surface area contributed by atoms with Crippen molar-refractivity contribution in [3.63, 3.8) is 0 Å². The first-order valence-corrected chi connectivity index (χ1v) is 6.59. The van der Waals surface area contributed by atoms with Gasteiger partial charge in [0.25, 0.3) is 0 Å². The molecule has 2 heterocycles. The van der Waals surface area contributed by atoms with Gasteiger partial charge in [-0.15, -0.1) is 0 Å². The molecule has 0 aliphatic heterocycles. The molecule has 106 valence electrons. The second-order valence-electron chi connectivity index (χ2n) is 4.71. The lowest BCUT2D eigenvalue weighted by Gasteiger charge is -2.14. The number of hydrogen-bond acceptors (Lipinski definition) is 3. The number of pyridine rings is 1. The van der Waals surface area contributed by atoms with Gasteiger partial charge >= 0.3 is 0 Å². The van der Waals surface area contributed by atoms with E-state index in [-0.39, 0.29) is 5.82 Å². The van der Waals surface area contributed by atoms with Crippen molar-refractivity contribution < 1.29 is 9.50 Å². The summed E-state index contributed by atoms with van der Waals surface area (Å²) < 4.78 is 14.8. The highest BCUT2D eigenvalue weighted by Gasteiger charge is 2.12. The normalized spacial score (nSPS) is 12.3. The van der Waals surface area contributed by atoms with Gasteiger partial charge < -0.3 is 9.67 Å². The van der Waals surface area contributed by atoms with E-state index in [0.29, 0.717) is 12.1 Å². The molecule has 2 aromatic heterocycles. The van der Waals surface area contributed by atoms with E-state index in [0.717, 1.165) is 11.4 Å². The van der Waals surface area contributed by atoms with Crippen molar-refractivity contribution in [1.82, 2.24) is 14.5 Å². The third kappa shape index (κ3) is 2.98. The van der Waals surface area contributed by atoms with Crippen LogP contribution in [0.2, 0.25) is 0 Å². The summed E-state index contributed by atoms with van der Waals surface area (Å²) >= 11 is 0. The van der Waals surface area contributed by atoms with E-state index < -0.39 is 6.10 Å². The van der Waals surface area contributed by atoms with Gasteiger partial charge in [-0.1, -0.05) is 12.1 Å². The van der Waals surface area contributed by atoms with E-state index >= 15 is 0 Å². The van der Waals surface area contributed by atoms with E-state index in [1.165, 1.54) is 12.1 Å². The second-order valence-corrected chi connectivity index (χ2v) is 4.71. The van der Waals surface area contributed by atoms with Crippen LogP contribution in [0.3, 0.4) is 0 Å². The van der Waals surface area contributed by atoms with E-state index in [2.05, 4.69) is 9.97 Å². The maximum absolute atomic E-state index is 12.9. The molecular formula is C16H14FN3O. The molecular weight excluding hydrogens is 269 g/mol. The fourth-order valence-electron chi connectivity index (χ4n) is 2.19. The van der Waals surface area contributed by atoms with Gasteiger partial charge in [0, 0.05) is 30.4 Å². The van der Waals surface area contributed by atoms with Crippen LogP contribution in [0.25, 0.3) is 11.4 Å². The smallest absolute Gasteiger partial charge is 0.140 e. The van der Waals surface area contributed by atoms with Crippen LogP contribution in [0.5, 0.6) is 0 Å². The Morgan fingerprint density at radius 3 is 2.48 bits per heavy atom. The zero-order valence-corrected chi connectivity index (χ0v) is 11.2. The molecule has 4 nitrogen and oxygen atoms in total. The number of benzene rings is 1. The van der Waals surface area contributed by atoms with Gasteiger partial charge in [0.05, 0.1) is 12.6 Å². The first-order chi connectivity index (χ1) is 10.2. The molecule has 1 N–H and O–H groups in total. The summed E-state index contributed by atoms with van der Waals surface area (Å²) in [6.07, 6.45) is 6.17. The Bertz CT molecular complexity index is 710. The van der Waals surface area contributed by atoms with Crippen LogP contribution >= 0.6 is 0 Å². The largest absolute Gasteiger partial charge is 0.387 e. The summed E-state index contributed by atoms with van der Waals surface area (Å²) in [4.78, 5) is 8.29. The van der Waals surface area contributed by atoms with Crippen molar-refractivity contribution in [3.05, 3.63) is 72.6 Å². The quantitative estimate of drug-likeness (QED) is 0.801. The highest BCUT2D eigenvalue weighted by atomic mass is 19.1. The van der Waals surface area contributed by atoms with Gasteiger partial charge in [0.2, 0.25) is 0 Å². The van der Waals surface area contributed by atoms with E-state index in [4.69, 9.17) is 0 Å². The van der Waals surface area contributed by atoms with Gasteiger partial charge in [0.1, 0.15) is 11.6 Å². The Kier molecular flexibility index (Phi) is 3.75. The molecule has 1 atom stereocenters. The zero-order chi connectivity index (χ0) is 14.7. The van der Waals surface area contributed by atoms with Crippen LogP contribution in [0.4, 0.5) is 4.39 Å². The third-order valence-corrected chi connectivity index (χ3v) is 3.28. The van der Waals surface area contributed by atoms with Crippen molar-refractivity contribution in [2.45, 2.75) is 12.6 Å². The van der Waals surface area contributed by atoms with Crippen molar-refractivity contribution in [1.29, 1.82) is 0 Å². The predicted octanol–water partition coefficient (Wildman–Crippen LogP) is 2.82. The Morgan fingerprint density at radius 1 is 1.05 bits per heavy atom. The Hall–Kier alpha value is -2.53. The van der Waals surface area contributed by atoms with Crippen LogP contribution in [0, 0.1) is 5.82 Å². The number of imidazole rings is 1. The monoisotopic (exact) mass is 283 g/mol. The lowest BCUT2D eigenvalue weighted by molar-refractivity contribution is 0.157. The summed E-state index contributed by atoms with van der Waals surface area (Å²) in [7, 11) is 0. The molecule has 1 aromatic carbocycles. The summed E-state index contributed by atoms with van der Waals surface area (Å²) in [6.45, 7) is 0.350. The molecule has 0 amide bonds. The van der Waals surface area contributed by atoms with Gasteiger partial charge in [-0.05, 0) is 29.8 Å². The van der Waals surface area contributed by atoms with Gasteiger partial charge in [-0.2, -0.15) is 0 Å². The average Bonchev–Trinajstić information content (AvgIpc) is 2.97. The first-order valence-electron chi connectivity index (χ1n) is 6.59. The SMILES string of the molecule is OC(Cn1ccnc1-c1ccncc1)c1ccc(F)cc1. The predicted molar refractivity (Wildman–Crippen MR) is 76.8 cm³/mol. The fourth-order valence-corrected chi connectivity index (χ4v) is 2.19. The van der Waals surface area contributed by atoms with Crippen molar-refractivity contribution >= 4 is 0 Å². The van der Waals surface area contributed by atoms with Crippen LogP contribution in [0.1, 0.15) is 11.7 Å². The number of aliphatic hydroxyl groups is 1. The number of aliphatic hydroxyl groups excluding tert-OH is 1. The van der Waals surface area contributed by atoms with E-state index in [1.807, 2.05) is 22.9 Å². The molecule has 3 rings (SSSR count). The molecule has 0 saturated carbocycles. The lowest BCUT2D eigenvalue weighted by Crippen LogP contribution is -2.09. The zero-order valence-electron chi connectivity index (χ0n) is 11.2. The van der Waals surface area contributed by atoms with Crippen LogP contribution in [-0.2, 0) is 6.54 Å². The van der Waals surface area contributed by atoms with Crippen LogP contribution < -0.4 is 0 Å². The minimum absolute atomic E-state index is 0.314. The van der Waals surface area contributed by atoms with Gasteiger partial charge in [-0.25, -0.2) is 9.37 Å².